The molecule has 0 aliphatic carbocycles. The van der Waals surface area contributed by atoms with Gasteiger partial charge < -0.3 is 19.5 Å². The summed E-state index contributed by atoms with van der Waals surface area (Å²) in [5, 5.41) is 2.18. The third kappa shape index (κ3) is 6.74. The molecule has 32 heavy (non-hydrogen) atoms. The van der Waals surface area contributed by atoms with E-state index in [1.807, 2.05) is 30.3 Å². The molecule has 0 radical (unpaired) electrons. The van der Waals surface area contributed by atoms with Crippen LogP contribution in [0.15, 0.2) is 54.6 Å². The van der Waals surface area contributed by atoms with Gasteiger partial charge in [0.1, 0.15) is 30.3 Å². The van der Waals surface area contributed by atoms with Crippen molar-refractivity contribution in [3.05, 3.63) is 60.2 Å². The van der Waals surface area contributed by atoms with Gasteiger partial charge in [0.2, 0.25) is 5.91 Å². The Morgan fingerprint density at radius 2 is 1.69 bits per heavy atom. The summed E-state index contributed by atoms with van der Waals surface area (Å²) >= 11 is 0.927. The minimum atomic E-state index is -0.707. The average Bonchev–Trinajstić information content (AvgIpc) is 3.13. The number of thioether (sulfide) groups is 1. The first-order valence-corrected chi connectivity index (χ1v) is 10.8. The highest BCUT2D eigenvalue weighted by molar-refractivity contribution is 8.14. The van der Waals surface area contributed by atoms with Crippen molar-refractivity contribution in [1.29, 1.82) is 0 Å². The molecule has 3 rings (SSSR count). The molecular formula is C22H22N2O7S. The summed E-state index contributed by atoms with van der Waals surface area (Å²) in [5.41, 5.74) is 0.185. The van der Waals surface area contributed by atoms with E-state index in [0.717, 1.165) is 16.7 Å². The van der Waals surface area contributed by atoms with E-state index in [0.29, 0.717) is 11.5 Å². The van der Waals surface area contributed by atoms with Crippen LogP contribution in [-0.2, 0) is 14.3 Å². The van der Waals surface area contributed by atoms with Crippen LogP contribution in [0, 0.1) is 0 Å². The Labute approximate surface area is 189 Å². The molecule has 0 aromatic heterocycles. The van der Waals surface area contributed by atoms with Crippen molar-refractivity contribution in [1.82, 2.24) is 10.2 Å². The number of para-hydroxylation sites is 2. The largest absolute Gasteiger partial charge is 0.490 e. The molecule has 1 aliphatic rings. The lowest BCUT2D eigenvalue weighted by molar-refractivity contribution is -0.126. The van der Waals surface area contributed by atoms with E-state index >= 15 is 0 Å². The lowest BCUT2D eigenvalue weighted by Crippen LogP contribution is -2.38. The minimum Gasteiger partial charge on any atom is -0.490 e. The van der Waals surface area contributed by atoms with Crippen molar-refractivity contribution in [3.63, 3.8) is 0 Å². The van der Waals surface area contributed by atoms with Crippen LogP contribution in [0.5, 0.6) is 11.5 Å². The lowest BCUT2D eigenvalue weighted by Gasteiger charge is -2.14. The molecule has 3 amide bonds. The first-order chi connectivity index (χ1) is 15.5. The highest BCUT2D eigenvalue weighted by Gasteiger charge is 2.29. The number of nitrogens with zero attached hydrogens (tertiary/aromatic N) is 1. The van der Waals surface area contributed by atoms with Crippen molar-refractivity contribution >= 4 is 34.8 Å². The number of amides is 3. The summed E-state index contributed by atoms with van der Waals surface area (Å²) in [7, 11) is 0. The van der Waals surface area contributed by atoms with Crippen LogP contribution in [0.2, 0.25) is 0 Å². The summed E-state index contributed by atoms with van der Waals surface area (Å²) in [5.74, 6) is -0.387. The van der Waals surface area contributed by atoms with E-state index in [9.17, 15) is 19.2 Å². The fourth-order valence-corrected chi connectivity index (χ4v) is 3.50. The van der Waals surface area contributed by atoms with Crippen LogP contribution < -0.4 is 14.8 Å². The quantitative estimate of drug-likeness (QED) is 0.403. The molecule has 1 heterocycles. The number of nitrogens with one attached hydrogen (secondary N) is 1. The van der Waals surface area contributed by atoms with Gasteiger partial charge in [-0.05, 0) is 24.3 Å². The van der Waals surface area contributed by atoms with E-state index in [2.05, 4.69) is 5.32 Å². The van der Waals surface area contributed by atoms with Crippen molar-refractivity contribution in [2.24, 2.45) is 0 Å². The molecule has 1 aliphatic heterocycles. The Bertz CT molecular complexity index is 952. The van der Waals surface area contributed by atoms with Crippen molar-refractivity contribution in [2.45, 2.75) is 0 Å². The molecular weight excluding hydrogens is 436 g/mol. The number of imide groups is 1. The zero-order chi connectivity index (χ0) is 22.8. The predicted octanol–water partition coefficient (Wildman–Crippen LogP) is 2.11. The second-order valence-electron chi connectivity index (χ2n) is 6.53. The molecule has 9 nitrogen and oxygen atoms in total. The highest BCUT2D eigenvalue weighted by Crippen LogP contribution is 2.19. The summed E-state index contributed by atoms with van der Waals surface area (Å²) in [6.45, 7) is 0.158. The normalized spacial score (nSPS) is 13.1. The Balaban J connectivity index is 1.40. The summed E-state index contributed by atoms with van der Waals surface area (Å²) in [4.78, 5) is 48.4. The molecule has 168 valence electrons. The fourth-order valence-electron chi connectivity index (χ4n) is 2.75. The SMILES string of the molecule is O=C(COC(=O)c1ccccc1OCCOc1ccccc1)NCCN1C(=O)CSC1=O. The smallest absolute Gasteiger partial charge is 0.342 e. The van der Waals surface area contributed by atoms with Gasteiger partial charge in [-0.2, -0.15) is 0 Å². The molecule has 1 N–H and O–H groups in total. The maximum atomic E-state index is 12.4. The number of benzene rings is 2. The van der Waals surface area contributed by atoms with Crippen LogP contribution >= 0.6 is 11.8 Å². The minimum absolute atomic E-state index is 0.0755. The molecule has 2 aromatic rings. The van der Waals surface area contributed by atoms with E-state index < -0.39 is 18.5 Å². The second kappa shape index (κ2) is 11.8. The average molecular weight is 458 g/mol. The fraction of sp³-hybridized carbons (Fsp3) is 0.273. The molecule has 2 aromatic carbocycles. The van der Waals surface area contributed by atoms with Crippen LogP contribution in [-0.4, -0.2) is 66.6 Å². The number of ether oxygens (including phenoxy) is 3. The van der Waals surface area contributed by atoms with Gasteiger partial charge in [0, 0.05) is 13.1 Å². The second-order valence-corrected chi connectivity index (χ2v) is 7.46. The van der Waals surface area contributed by atoms with Gasteiger partial charge in [-0.1, -0.05) is 42.1 Å². The third-order valence-corrected chi connectivity index (χ3v) is 5.15. The van der Waals surface area contributed by atoms with Gasteiger partial charge in [0.25, 0.3) is 11.1 Å². The Hall–Kier alpha value is -3.53. The summed E-state index contributed by atoms with van der Waals surface area (Å²) < 4.78 is 16.2. The maximum Gasteiger partial charge on any atom is 0.342 e. The number of esters is 1. The number of carbonyl (C=O) groups is 4. The molecule has 0 spiro atoms. The Kier molecular flexibility index (Phi) is 8.50. The monoisotopic (exact) mass is 458 g/mol. The summed E-state index contributed by atoms with van der Waals surface area (Å²) in [6, 6.07) is 15.8. The van der Waals surface area contributed by atoms with Crippen LogP contribution in [0.25, 0.3) is 0 Å². The highest BCUT2D eigenvalue weighted by atomic mass is 32.2. The first kappa shape index (κ1) is 23.1. The molecule has 10 heteroatoms. The summed E-state index contributed by atoms with van der Waals surface area (Å²) in [6.07, 6.45) is 0. The van der Waals surface area contributed by atoms with E-state index in [1.165, 1.54) is 6.07 Å². The zero-order valence-electron chi connectivity index (χ0n) is 17.2. The van der Waals surface area contributed by atoms with Gasteiger partial charge in [-0.15, -0.1) is 0 Å². The van der Waals surface area contributed by atoms with Gasteiger partial charge in [0.15, 0.2) is 6.61 Å². The van der Waals surface area contributed by atoms with E-state index in [1.54, 1.807) is 18.2 Å². The van der Waals surface area contributed by atoms with Crippen molar-refractivity contribution in [3.8, 4) is 11.5 Å². The van der Waals surface area contributed by atoms with Gasteiger partial charge in [-0.25, -0.2) is 4.79 Å². The van der Waals surface area contributed by atoms with Crippen molar-refractivity contribution in [2.75, 3.05) is 38.7 Å². The number of hydrogen-bond donors (Lipinski definition) is 1. The third-order valence-electron chi connectivity index (χ3n) is 4.29. The number of rotatable bonds is 11. The Morgan fingerprint density at radius 1 is 0.969 bits per heavy atom. The topological polar surface area (TPSA) is 111 Å². The van der Waals surface area contributed by atoms with E-state index in [4.69, 9.17) is 14.2 Å². The van der Waals surface area contributed by atoms with Crippen LogP contribution in [0.4, 0.5) is 4.79 Å². The predicted molar refractivity (Wildman–Crippen MR) is 117 cm³/mol. The number of hydrogen-bond acceptors (Lipinski definition) is 8. The molecule has 0 saturated carbocycles. The zero-order valence-corrected chi connectivity index (χ0v) is 18.0. The van der Waals surface area contributed by atoms with Crippen LogP contribution in [0.3, 0.4) is 0 Å². The molecule has 0 bridgehead atoms. The van der Waals surface area contributed by atoms with Gasteiger partial charge >= 0.3 is 5.97 Å². The number of carbonyl (C=O) groups excluding carboxylic acids is 4. The maximum absolute atomic E-state index is 12.4. The van der Waals surface area contributed by atoms with E-state index in [-0.39, 0.29) is 48.8 Å². The molecule has 1 saturated heterocycles. The van der Waals surface area contributed by atoms with Crippen LogP contribution in [0.1, 0.15) is 10.4 Å². The van der Waals surface area contributed by atoms with Gasteiger partial charge in [0.05, 0.1) is 5.75 Å². The molecule has 0 unspecified atom stereocenters. The Morgan fingerprint density at radius 3 is 2.44 bits per heavy atom. The molecule has 0 atom stereocenters. The van der Waals surface area contributed by atoms with Crippen molar-refractivity contribution < 1.29 is 33.4 Å². The standard InChI is InChI=1S/C22H22N2O7S/c25-19(23-10-11-24-20(26)15-32-22(24)28)14-31-21(27)17-8-4-5-9-18(17)30-13-12-29-16-6-2-1-3-7-16/h1-9H,10-15H2,(H,23,25). The lowest BCUT2D eigenvalue weighted by atomic mass is 10.2. The van der Waals surface area contributed by atoms with Gasteiger partial charge in [-0.3, -0.25) is 19.3 Å². The first-order valence-electron chi connectivity index (χ1n) is 9.85. The molecule has 1 fully saturated rings.